The van der Waals surface area contributed by atoms with Crippen LogP contribution in [0.3, 0.4) is 0 Å². The van der Waals surface area contributed by atoms with E-state index in [2.05, 4.69) is 11.9 Å². The zero-order chi connectivity index (χ0) is 13.9. The van der Waals surface area contributed by atoms with Crippen LogP contribution < -0.4 is 10.5 Å². The first kappa shape index (κ1) is 13.2. The summed E-state index contributed by atoms with van der Waals surface area (Å²) >= 11 is 0. The molecule has 0 amide bonds. The first-order valence-corrected chi connectivity index (χ1v) is 7.57. The smallest absolute Gasteiger partial charge is 0.143 e. The fourth-order valence-corrected chi connectivity index (χ4v) is 3.16. The summed E-state index contributed by atoms with van der Waals surface area (Å²) in [4.78, 5) is 4.32. The Labute approximate surface area is 120 Å². The Balaban J connectivity index is 1.82. The van der Waals surface area contributed by atoms with Crippen LogP contribution >= 0.6 is 0 Å². The summed E-state index contributed by atoms with van der Waals surface area (Å²) in [6, 6.07) is 7.86. The van der Waals surface area contributed by atoms with Crippen LogP contribution in [0.1, 0.15) is 39.0 Å². The molecule has 1 aliphatic rings. The van der Waals surface area contributed by atoms with Gasteiger partial charge in [-0.15, -0.1) is 0 Å². The standard InChI is InChI=1S/C17H22N2O/c1-2-12-5-3-6-13(11-12)20-16-9-8-15-14(17(16)18)7-4-10-19-15/h4,7-10,12-13H,2-3,5-6,11,18H2,1H3. The predicted molar refractivity (Wildman–Crippen MR) is 82.8 cm³/mol. The molecule has 106 valence electrons. The Morgan fingerprint density at radius 3 is 3.05 bits per heavy atom. The van der Waals surface area contributed by atoms with Crippen molar-refractivity contribution >= 4 is 16.6 Å². The highest BCUT2D eigenvalue weighted by Crippen LogP contribution is 2.34. The van der Waals surface area contributed by atoms with Crippen LogP contribution in [0.15, 0.2) is 30.5 Å². The topological polar surface area (TPSA) is 48.1 Å². The second-order valence-electron chi connectivity index (χ2n) is 5.73. The van der Waals surface area contributed by atoms with E-state index in [1.165, 1.54) is 19.3 Å². The van der Waals surface area contributed by atoms with Crippen LogP contribution in [0.4, 0.5) is 5.69 Å². The molecule has 1 saturated carbocycles. The quantitative estimate of drug-likeness (QED) is 0.852. The monoisotopic (exact) mass is 270 g/mol. The van der Waals surface area contributed by atoms with Crippen molar-refractivity contribution in [1.82, 2.24) is 4.98 Å². The lowest BCUT2D eigenvalue weighted by Gasteiger charge is -2.29. The first-order valence-electron chi connectivity index (χ1n) is 7.57. The van der Waals surface area contributed by atoms with Gasteiger partial charge in [0.15, 0.2) is 0 Å². The van der Waals surface area contributed by atoms with Crippen molar-refractivity contribution < 1.29 is 4.74 Å². The number of nitrogens with zero attached hydrogens (tertiary/aromatic N) is 1. The van der Waals surface area contributed by atoms with Gasteiger partial charge < -0.3 is 10.5 Å². The molecule has 1 heterocycles. The third kappa shape index (κ3) is 2.58. The second kappa shape index (κ2) is 5.70. The van der Waals surface area contributed by atoms with Crippen LogP contribution in [0.25, 0.3) is 10.9 Å². The normalized spacial score (nSPS) is 22.9. The zero-order valence-corrected chi connectivity index (χ0v) is 12.0. The number of pyridine rings is 1. The summed E-state index contributed by atoms with van der Waals surface area (Å²) < 4.78 is 6.17. The van der Waals surface area contributed by atoms with Gasteiger partial charge in [-0.2, -0.15) is 0 Å². The molecule has 3 nitrogen and oxygen atoms in total. The number of ether oxygens (including phenoxy) is 1. The van der Waals surface area contributed by atoms with Crippen molar-refractivity contribution in [2.45, 2.75) is 45.1 Å². The molecule has 0 radical (unpaired) electrons. The number of rotatable bonds is 3. The Bertz CT molecular complexity index is 597. The van der Waals surface area contributed by atoms with E-state index in [-0.39, 0.29) is 0 Å². The van der Waals surface area contributed by atoms with Crippen molar-refractivity contribution in [3.05, 3.63) is 30.5 Å². The fourth-order valence-electron chi connectivity index (χ4n) is 3.16. The molecular formula is C17H22N2O. The Morgan fingerprint density at radius 2 is 2.20 bits per heavy atom. The molecule has 2 atom stereocenters. The number of nitrogen functional groups attached to an aromatic ring is 1. The van der Waals surface area contributed by atoms with E-state index in [0.717, 1.165) is 35.4 Å². The molecule has 3 heteroatoms. The number of aromatic nitrogens is 1. The lowest BCUT2D eigenvalue weighted by atomic mass is 9.85. The van der Waals surface area contributed by atoms with Gasteiger partial charge in [0, 0.05) is 11.6 Å². The molecule has 20 heavy (non-hydrogen) atoms. The van der Waals surface area contributed by atoms with Crippen LogP contribution in [-0.4, -0.2) is 11.1 Å². The molecule has 0 spiro atoms. The van der Waals surface area contributed by atoms with E-state index in [4.69, 9.17) is 10.5 Å². The maximum Gasteiger partial charge on any atom is 0.143 e. The molecule has 2 unspecified atom stereocenters. The highest BCUT2D eigenvalue weighted by molar-refractivity contribution is 5.93. The number of anilines is 1. The Kier molecular flexibility index (Phi) is 3.77. The molecule has 0 aliphatic heterocycles. The molecule has 2 N–H and O–H groups in total. The number of hydrogen-bond acceptors (Lipinski definition) is 3. The van der Waals surface area contributed by atoms with Crippen molar-refractivity contribution in [1.29, 1.82) is 0 Å². The minimum atomic E-state index is 0.310. The number of nitrogens with two attached hydrogens (primary N) is 1. The summed E-state index contributed by atoms with van der Waals surface area (Å²) in [7, 11) is 0. The van der Waals surface area contributed by atoms with Crippen LogP contribution in [-0.2, 0) is 0 Å². The van der Waals surface area contributed by atoms with E-state index < -0.39 is 0 Å². The van der Waals surface area contributed by atoms with Gasteiger partial charge in [-0.1, -0.05) is 19.8 Å². The third-order valence-corrected chi connectivity index (χ3v) is 4.39. The van der Waals surface area contributed by atoms with Gasteiger partial charge in [0.1, 0.15) is 5.75 Å². The highest BCUT2D eigenvalue weighted by Gasteiger charge is 2.22. The zero-order valence-electron chi connectivity index (χ0n) is 12.0. The molecule has 0 bridgehead atoms. The number of benzene rings is 1. The average molecular weight is 270 g/mol. The van der Waals surface area contributed by atoms with E-state index >= 15 is 0 Å². The molecule has 1 fully saturated rings. The average Bonchev–Trinajstić information content (AvgIpc) is 2.50. The van der Waals surface area contributed by atoms with Gasteiger partial charge in [0.2, 0.25) is 0 Å². The van der Waals surface area contributed by atoms with Crippen molar-refractivity contribution in [2.24, 2.45) is 5.92 Å². The number of hydrogen-bond donors (Lipinski definition) is 1. The number of fused-ring (bicyclic) bond motifs is 1. The van der Waals surface area contributed by atoms with Gasteiger partial charge in [-0.05, 0) is 49.4 Å². The molecule has 2 aromatic rings. The Hall–Kier alpha value is -1.77. The molecular weight excluding hydrogens is 248 g/mol. The molecule has 3 rings (SSSR count). The fraction of sp³-hybridized carbons (Fsp3) is 0.471. The summed E-state index contributed by atoms with van der Waals surface area (Å²) in [5, 5.41) is 0.979. The largest absolute Gasteiger partial charge is 0.488 e. The SMILES string of the molecule is CCC1CCCC(Oc2ccc3ncccc3c2N)C1. The van der Waals surface area contributed by atoms with Crippen molar-refractivity contribution in [3.8, 4) is 5.75 Å². The molecule has 0 saturated heterocycles. The molecule has 1 aromatic heterocycles. The maximum atomic E-state index is 6.24. The van der Waals surface area contributed by atoms with Gasteiger partial charge in [0.05, 0.1) is 17.3 Å². The Morgan fingerprint density at radius 1 is 1.30 bits per heavy atom. The van der Waals surface area contributed by atoms with Crippen molar-refractivity contribution in [2.75, 3.05) is 5.73 Å². The van der Waals surface area contributed by atoms with E-state index in [0.29, 0.717) is 11.8 Å². The maximum absolute atomic E-state index is 6.24. The summed E-state index contributed by atoms with van der Waals surface area (Å²) in [5.41, 5.74) is 7.88. The van der Waals surface area contributed by atoms with Gasteiger partial charge >= 0.3 is 0 Å². The van der Waals surface area contributed by atoms with Crippen LogP contribution in [0.2, 0.25) is 0 Å². The van der Waals surface area contributed by atoms with E-state index in [1.54, 1.807) is 6.20 Å². The lowest BCUT2D eigenvalue weighted by Crippen LogP contribution is -2.25. The first-order chi connectivity index (χ1) is 9.78. The highest BCUT2D eigenvalue weighted by atomic mass is 16.5. The minimum absolute atomic E-state index is 0.310. The second-order valence-corrected chi connectivity index (χ2v) is 5.73. The molecule has 1 aromatic carbocycles. The van der Waals surface area contributed by atoms with Gasteiger partial charge in [0.25, 0.3) is 0 Å². The lowest BCUT2D eigenvalue weighted by molar-refractivity contribution is 0.123. The van der Waals surface area contributed by atoms with Gasteiger partial charge in [-0.25, -0.2) is 0 Å². The summed E-state index contributed by atoms with van der Waals surface area (Å²) in [5.74, 6) is 1.62. The summed E-state index contributed by atoms with van der Waals surface area (Å²) in [6.45, 7) is 2.27. The minimum Gasteiger partial charge on any atom is -0.488 e. The van der Waals surface area contributed by atoms with Gasteiger partial charge in [-0.3, -0.25) is 4.98 Å². The third-order valence-electron chi connectivity index (χ3n) is 4.39. The van der Waals surface area contributed by atoms with Crippen LogP contribution in [0.5, 0.6) is 5.75 Å². The predicted octanol–water partition coefficient (Wildman–Crippen LogP) is 4.16. The van der Waals surface area contributed by atoms with Crippen LogP contribution in [0, 0.1) is 5.92 Å². The van der Waals surface area contributed by atoms with E-state index in [9.17, 15) is 0 Å². The van der Waals surface area contributed by atoms with E-state index in [1.807, 2.05) is 24.3 Å². The van der Waals surface area contributed by atoms with Crippen molar-refractivity contribution in [3.63, 3.8) is 0 Å². The molecule has 1 aliphatic carbocycles. The summed E-state index contributed by atoms with van der Waals surface area (Å²) in [6.07, 6.45) is 8.24.